The molecule has 1 aliphatic heterocycles. The van der Waals surface area contributed by atoms with Gasteiger partial charge < -0.3 is 4.90 Å². The molecule has 0 aromatic carbocycles. The van der Waals surface area contributed by atoms with Crippen molar-refractivity contribution in [3.05, 3.63) is 35.0 Å². The van der Waals surface area contributed by atoms with Gasteiger partial charge in [0.15, 0.2) is 0 Å². The summed E-state index contributed by atoms with van der Waals surface area (Å²) in [5, 5.41) is 4.65. The number of aryl methyl sites for hydroxylation is 3. The SMILES string of the molecule is Cc1cc(C)n(C2CCN(c3ncnc4c3CCC4)C2)n1. The van der Waals surface area contributed by atoms with Gasteiger partial charge in [-0.15, -0.1) is 0 Å². The van der Waals surface area contributed by atoms with Crippen molar-refractivity contribution in [1.29, 1.82) is 0 Å². The minimum atomic E-state index is 0.464. The third kappa shape index (κ3) is 2.11. The molecule has 0 saturated carbocycles. The highest BCUT2D eigenvalue weighted by atomic mass is 15.3. The molecule has 0 bridgehead atoms. The average Bonchev–Trinajstić information content (AvgIpc) is 3.17. The number of fused-ring (bicyclic) bond motifs is 1. The van der Waals surface area contributed by atoms with Crippen molar-refractivity contribution in [2.24, 2.45) is 0 Å². The lowest BCUT2D eigenvalue weighted by Gasteiger charge is -2.20. The van der Waals surface area contributed by atoms with Crippen LogP contribution in [0, 0.1) is 13.8 Å². The maximum atomic E-state index is 4.65. The molecule has 1 atom stereocenters. The Morgan fingerprint density at radius 2 is 2.10 bits per heavy atom. The Hall–Kier alpha value is -1.91. The van der Waals surface area contributed by atoms with Crippen LogP contribution < -0.4 is 4.90 Å². The van der Waals surface area contributed by atoms with Gasteiger partial charge >= 0.3 is 0 Å². The van der Waals surface area contributed by atoms with Crippen molar-refractivity contribution in [2.75, 3.05) is 18.0 Å². The van der Waals surface area contributed by atoms with Crippen LogP contribution in [0.25, 0.3) is 0 Å². The van der Waals surface area contributed by atoms with Crippen LogP contribution in [0.4, 0.5) is 5.82 Å². The molecule has 0 radical (unpaired) electrons. The van der Waals surface area contributed by atoms with E-state index < -0.39 is 0 Å². The zero-order valence-corrected chi connectivity index (χ0v) is 12.7. The first-order chi connectivity index (χ1) is 10.2. The van der Waals surface area contributed by atoms with Crippen LogP contribution in [0.1, 0.15) is 41.5 Å². The molecule has 2 aromatic heterocycles. The van der Waals surface area contributed by atoms with Gasteiger partial charge in [0.1, 0.15) is 12.1 Å². The molecule has 0 amide bonds. The minimum absolute atomic E-state index is 0.464. The first-order valence-corrected chi connectivity index (χ1v) is 7.83. The van der Waals surface area contributed by atoms with Crippen LogP contribution in [-0.2, 0) is 12.8 Å². The van der Waals surface area contributed by atoms with Gasteiger partial charge in [0.25, 0.3) is 0 Å². The second kappa shape index (κ2) is 4.83. The highest BCUT2D eigenvalue weighted by molar-refractivity contribution is 5.51. The molecule has 110 valence electrons. The van der Waals surface area contributed by atoms with Crippen LogP contribution in [0.5, 0.6) is 0 Å². The Morgan fingerprint density at radius 3 is 2.90 bits per heavy atom. The largest absolute Gasteiger partial charge is 0.354 e. The van der Waals surface area contributed by atoms with Gasteiger partial charge in [0, 0.05) is 30.0 Å². The molecule has 5 nitrogen and oxygen atoms in total. The standard InChI is InChI=1S/C16H21N5/c1-11-8-12(2)21(19-11)13-6-7-20(9-13)16-14-4-3-5-15(14)17-10-18-16/h8,10,13H,3-7,9H2,1-2H3. The highest BCUT2D eigenvalue weighted by Crippen LogP contribution is 2.32. The summed E-state index contributed by atoms with van der Waals surface area (Å²) in [6.07, 6.45) is 6.33. The van der Waals surface area contributed by atoms with Crippen molar-refractivity contribution in [1.82, 2.24) is 19.7 Å². The third-order valence-corrected chi connectivity index (χ3v) is 4.71. The number of anilines is 1. The molecule has 21 heavy (non-hydrogen) atoms. The van der Waals surface area contributed by atoms with Crippen LogP contribution in [0.15, 0.2) is 12.4 Å². The van der Waals surface area contributed by atoms with Gasteiger partial charge in [-0.2, -0.15) is 5.10 Å². The number of nitrogens with zero attached hydrogens (tertiary/aromatic N) is 5. The highest BCUT2D eigenvalue weighted by Gasteiger charge is 2.29. The molecule has 0 N–H and O–H groups in total. The zero-order chi connectivity index (χ0) is 14.4. The lowest BCUT2D eigenvalue weighted by atomic mass is 10.2. The summed E-state index contributed by atoms with van der Waals surface area (Å²) in [4.78, 5) is 11.4. The van der Waals surface area contributed by atoms with Gasteiger partial charge in [-0.25, -0.2) is 9.97 Å². The predicted octanol–water partition coefficient (Wildman–Crippen LogP) is 2.23. The van der Waals surface area contributed by atoms with E-state index in [1.54, 1.807) is 6.33 Å². The smallest absolute Gasteiger partial charge is 0.135 e. The Bertz CT molecular complexity index is 675. The summed E-state index contributed by atoms with van der Waals surface area (Å²) in [6.45, 7) is 6.27. The lowest BCUT2D eigenvalue weighted by Crippen LogP contribution is -2.24. The average molecular weight is 283 g/mol. The number of hydrogen-bond donors (Lipinski definition) is 0. The van der Waals surface area contributed by atoms with E-state index in [0.717, 1.165) is 38.0 Å². The molecular weight excluding hydrogens is 262 g/mol. The number of hydrogen-bond acceptors (Lipinski definition) is 4. The summed E-state index contributed by atoms with van der Waals surface area (Å²) in [5.74, 6) is 1.17. The first-order valence-electron chi connectivity index (χ1n) is 7.83. The quantitative estimate of drug-likeness (QED) is 0.848. The molecule has 2 aromatic rings. The Labute approximate surface area is 125 Å². The van der Waals surface area contributed by atoms with Gasteiger partial charge in [0.05, 0.1) is 11.7 Å². The maximum absolute atomic E-state index is 4.65. The predicted molar refractivity (Wildman–Crippen MR) is 81.6 cm³/mol. The Balaban J connectivity index is 1.60. The van der Waals surface area contributed by atoms with Crippen LogP contribution in [0.2, 0.25) is 0 Å². The van der Waals surface area contributed by atoms with Crippen LogP contribution in [0.3, 0.4) is 0 Å². The van der Waals surface area contributed by atoms with Gasteiger partial charge in [-0.3, -0.25) is 4.68 Å². The fourth-order valence-electron chi connectivity index (χ4n) is 3.76. The Kier molecular flexibility index (Phi) is 2.94. The summed E-state index contributed by atoms with van der Waals surface area (Å²) < 4.78 is 2.19. The summed E-state index contributed by atoms with van der Waals surface area (Å²) >= 11 is 0. The topological polar surface area (TPSA) is 46.8 Å². The van der Waals surface area contributed by atoms with E-state index >= 15 is 0 Å². The fraction of sp³-hybridized carbons (Fsp3) is 0.562. The van der Waals surface area contributed by atoms with Gasteiger partial charge in [-0.1, -0.05) is 0 Å². The second-order valence-corrected chi connectivity index (χ2v) is 6.24. The van der Waals surface area contributed by atoms with Crippen LogP contribution in [-0.4, -0.2) is 32.8 Å². The number of aromatic nitrogens is 4. The van der Waals surface area contributed by atoms with Crippen molar-refractivity contribution in [3.8, 4) is 0 Å². The molecule has 5 heteroatoms. The van der Waals surface area contributed by atoms with E-state index in [1.165, 1.54) is 29.2 Å². The monoisotopic (exact) mass is 283 g/mol. The van der Waals surface area contributed by atoms with Gasteiger partial charge in [-0.05, 0) is 45.6 Å². The summed E-state index contributed by atoms with van der Waals surface area (Å²) in [5.41, 5.74) is 5.00. The molecule has 4 rings (SSSR count). The molecule has 1 unspecified atom stereocenters. The summed E-state index contributed by atoms with van der Waals surface area (Å²) in [6, 6.07) is 2.62. The molecular formula is C16H21N5. The first kappa shape index (κ1) is 12.8. The fourth-order valence-corrected chi connectivity index (χ4v) is 3.76. The molecule has 1 fully saturated rings. The zero-order valence-electron chi connectivity index (χ0n) is 12.7. The van der Waals surface area contributed by atoms with E-state index in [1.807, 2.05) is 0 Å². The van der Waals surface area contributed by atoms with Gasteiger partial charge in [0.2, 0.25) is 0 Å². The normalized spacial score (nSPS) is 21.0. The third-order valence-electron chi connectivity index (χ3n) is 4.71. The van der Waals surface area contributed by atoms with Crippen molar-refractivity contribution in [3.63, 3.8) is 0 Å². The van der Waals surface area contributed by atoms with E-state index in [4.69, 9.17) is 0 Å². The maximum Gasteiger partial charge on any atom is 0.135 e. The molecule has 2 aliphatic rings. The lowest BCUT2D eigenvalue weighted by molar-refractivity contribution is 0.481. The van der Waals surface area contributed by atoms with E-state index in [-0.39, 0.29) is 0 Å². The van der Waals surface area contributed by atoms with Crippen molar-refractivity contribution in [2.45, 2.75) is 45.6 Å². The van der Waals surface area contributed by atoms with Crippen LogP contribution >= 0.6 is 0 Å². The molecule has 1 aliphatic carbocycles. The van der Waals surface area contributed by atoms with E-state index in [0.29, 0.717) is 6.04 Å². The van der Waals surface area contributed by atoms with Crippen molar-refractivity contribution < 1.29 is 0 Å². The van der Waals surface area contributed by atoms with E-state index in [9.17, 15) is 0 Å². The summed E-state index contributed by atoms with van der Waals surface area (Å²) in [7, 11) is 0. The minimum Gasteiger partial charge on any atom is -0.354 e. The van der Waals surface area contributed by atoms with E-state index in [2.05, 4.69) is 44.6 Å². The molecule has 3 heterocycles. The van der Waals surface area contributed by atoms with Crippen molar-refractivity contribution >= 4 is 5.82 Å². The second-order valence-electron chi connectivity index (χ2n) is 6.24. The Morgan fingerprint density at radius 1 is 1.19 bits per heavy atom. The molecule has 1 saturated heterocycles. The number of rotatable bonds is 2. The molecule has 0 spiro atoms.